The van der Waals surface area contributed by atoms with Crippen LogP contribution < -0.4 is 4.90 Å². The SMILES string of the molecule is O=C1[C@@H]2C3c4ccccc4C(C(=O)O)(c4ccccc43)[C@@H]2C(=O)N1c1ccc(F)cc1. The first-order valence-corrected chi connectivity index (χ1v) is 10.0. The summed E-state index contributed by atoms with van der Waals surface area (Å²) in [6.45, 7) is 0. The average molecular weight is 413 g/mol. The molecule has 2 bridgehead atoms. The van der Waals surface area contributed by atoms with Crippen LogP contribution >= 0.6 is 0 Å². The zero-order chi connectivity index (χ0) is 21.5. The number of carbonyl (C=O) groups excluding carboxylic acids is 2. The number of halogens is 1. The van der Waals surface area contributed by atoms with Crippen molar-refractivity contribution in [1.29, 1.82) is 0 Å². The van der Waals surface area contributed by atoms with Gasteiger partial charge in [-0.05, 0) is 46.5 Å². The molecule has 4 aliphatic rings. The largest absolute Gasteiger partial charge is 0.480 e. The number of benzene rings is 3. The molecule has 0 spiro atoms. The van der Waals surface area contributed by atoms with Crippen molar-refractivity contribution in [2.24, 2.45) is 11.8 Å². The highest BCUT2D eigenvalue weighted by Crippen LogP contribution is 2.64. The molecule has 1 heterocycles. The van der Waals surface area contributed by atoms with Crippen molar-refractivity contribution in [1.82, 2.24) is 0 Å². The standard InChI is InChI=1S/C25H16FNO4/c26-13-9-11-14(12-10-13)27-22(28)20-19-15-5-1-3-7-17(15)25(24(30)31,21(20)23(27)29)18-8-4-2-6-16(18)19/h1-12,19-21H,(H,30,31)/t19?,20-,21+,25?/m1/s1. The molecule has 5 nitrogen and oxygen atoms in total. The fourth-order valence-electron chi connectivity index (χ4n) is 5.98. The molecule has 1 saturated heterocycles. The van der Waals surface area contributed by atoms with E-state index in [4.69, 9.17) is 0 Å². The van der Waals surface area contributed by atoms with Gasteiger partial charge in [0.25, 0.3) is 0 Å². The quantitative estimate of drug-likeness (QED) is 0.653. The number of hydrogen-bond donors (Lipinski definition) is 1. The van der Waals surface area contributed by atoms with Crippen LogP contribution in [0, 0.1) is 17.7 Å². The Labute approximate surface area is 176 Å². The number of hydrogen-bond acceptors (Lipinski definition) is 3. The van der Waals surface area contributed by atoms with Crippen LogP contribution in [0.3, 0.4) is 0 Å². The van der Waals surface area contributed by atoms with Gasteiger partial charge in [0.2, 0.25) is 11.8 Å². The Morgan fingerprint density at radius 2 is 1.39 bits per heavy atom. The fraction of sp³-hybridized carbons (Fsp3) is 0.160. The van der Waals surface area contributed by atoms with Crippen molar-refractivity contribution in [2.45, 2.75) is 11.3 Å². The highest BCUT2D eigenvalue weighted by molar-refractivity contribution is 6.25. The van der Waals surface area contributed by atoms with Gasteiger partial charge in [0.15, 0.2) is 0 Å². The first kappa shape index (κ1) is 18.0. The van der Waals surface area contributed by atoms with E-state index < -0.39 is 46.8 Å². The van der Waals surface area contributed by atoms with Crippen LogP contribution in [0.1, 0.15) is 28.2 Å². The van der Waals surface area contributed by atoms with Crippen molar-refractivity contribution in [3.8, 4) is 0 Å². The highest BCUT2D eigenvalue weighted by Gasteiger charge is 2.71. The summed E-state index contributed by atoms with van der Waals surface area (Å²) >= 11 is 0. The van der Waals surface area contributed by atoms with Crippen LogP contribution in [-0.4, -0.2) is 22.9 Å². The minimum Gasteiger partial charge on any atom is -0.480 e. The third-order valence-electron chi connectivity index (χ3n) is 7.04. The molecule has 1 N–H and O–H groups in total. The van der Waals surface area contributed by atoms with E-state index in [1.165, 1.54) is 24.3 Å². The molecule has 31 heavy (non-hydrogen) atoms. The second-order valence-corrected chi connectivity index (χ2v) is 8.26. The summed E-state index contributed by atoms with van der Waals surface area (Å²) in [6.07, 6.45) is 0. The number of imide groups is 1. The van der Waals surface area contributed by atoms with Crippen LogP contribution in [-0.2, 0) is 19.8 Å². The molecule has 6 heteroatoms. The first-order valence-electron chi connectivity index (χ1n) is 10.0. The maximum atomic E-state index is 13.7. The third-order valence-corrected chi connectivity index (χ3v) is 7.04. The predicted octanol–water partition coefficient (Wildman–Crippen LogP) is 3.46. The molecule has 152 valence electrons. The molecule has 0 unspecified atom stereocenters. The monoisotopic (exact) mass is 413 g/mol. The smallest absolute Gasteiger partial charge is 0.319 e. The second kappa shape index (κ2) is 5.88. The zero-order valence-electron chi connectivity index (χ0n) is 16.2. The molecule has 7 rings (SSSR count). The topological polar surface area (TPSA) is 74.7 Å². The summed E-state index contributed by atoms with van der Waals surface area (Å²) in [5, 5.41) is 10.6. The first-order chi connectivity index (χ1) is 15.0. The molecular weight excluding hydrogens is 397 g/mol. The van der Waals surface area contributed by atoms with Gasteiger partial charge in [-0.15, -0.1) is 0 Å². The Balaban J connectivity index is 1.67. The fourth-order valence-corrected chi connectivity index (χ4v) is 5.98. The normalized spacial score (nSPS) is 27.6. The molecular formula is C25H16FNO4. The van der Waals surface area contributed by atoms with Gasteiger partial charge in [-0.2, -0.15) is 0 Å². The Hall–Kier alpha value is -3.80. The van der Waals surface area contributed by atoms with E-state index in [1.54, 1.807) is 24.3 Å². The number of anilines is 1. The van der Waals surface area contributed by atoms with Gasteiger partial charge in [-0.3, -0.25) is 14.4 Å². The average Bonchev–Trinajstić information content (AvgIpc) is 3.05. The lowest BCUT2D eigenvalue weighted by Gasteiger charge is -2.51. The summed E-state index contributed by atoms with van der Waals surface area (Å²) in [5.41, 5.74) is 1.26. The maximum absolute atomic E-state index is 13.7. The maximum Gasteiger partial charge on any atom is 0.319 e. The Kier molecular flexibility index (Phi) is 3.41. The molecule has 2 amide bonds. The number of rotatable bonds is 2. The Bertz CT molecular complexity index is 1250. The minimum atomic E-state index is -1.66. The van der Waals surface area contributed by atoms with Gasteiger partial charge in [0, 0.05) is 5.92 Å². The van der Waals surface area contributed by atoms with Gasteiger partial charge < -0.3 is 5.11 Å². The van der Waals surface area contributed by atoms with Crippen LogP contribution in [0.4, 0.5) is 10.1 Å². The zero-order valence-corrected chi connectivity index (χ0v) is 16.2. The summed E-state index contributed by atoms with van der Waals surface area (Å²) in [6, 6.07) is 19.5. The van der Waals surface area contributed by atoms with Crippen molar-refractivity contribution >= 4 is 23.5 Å². The van der Waals surface area contributed by atoms with Gasteiger partial charge >= 0.3 is 5.97 Å². The van der Waals surface area contributed by atoms with Crippen LogP contribution in [0.2, 0.25) is 0 Å². The van der Waals surface area contributed by atoms with E-state index in [2.05, 4.69) is 0 Å². The van der Waals surface area contributed by atoms with E-state index in [1.807, 2.05) is 24.3 Å². The summed E-state index contributed by atoms with van der Waals surface area (Å²) in [5.74, 6) is -4.96. The number of carboxylic acids is 1. The van der Waals surface area contributed by atoms with E-state index in [-0.39, 0.29) is 5.69 Å². The van der Waals surface area contributed by atoms with E-state index in [9.17, 15) is 23.9 Å². The van der Waals surface area contributed by atoms with E-state index in [0.29, 0.717) is 11.1 Å². The summed E-state index contributed by atoms with van der Waals surface area (Å²) < 4.78 is 13.5. The van der Waals surface area contributed by atoms with E-state index >= 15 is 0 Å². The van der Waals surface area contributed by atoms with Crippen LogP contribution in [0.25, 0.3) is 0 Å². The Morgan fingerprint density at radius 3 is 1.94 bits per heavy atom. The van der Waals surface area contributed by atoms with Crippen LogP contribution in [0.5, 0.6) is 0 Å². The molecule has 3 aromatic rings. The molecule has 1 aliphatic heterocycles. The Morgan fingerprint density at radius 1 is 0.839 bits per heavy atom. The number of aliphatic carboxylic acids is 1. The van der Waals surface area contributed by atoms with Gasteiger partial charge in [0.1, 0.15) is 11.2 Å². The lowest BCUT2D eigenvalue weighted by Crippen LogP contribution is -2.57. The van der Waals surface area contributed by atoms with Crippen molar-refractivity contribution < 1.29 is 23.9 Å². The van der Waals surface area contributed by atoms with E-state index in [0.717, 1.165) is 16.0 Å². The summed E-state index contributed by atoms with van der Waals surface area (Å²) in [7, 11) is 0. The molecule has 0 radical (unpaired) electrons. The number of amides is 2. The summed E-state index contributed by atoms with van der Waals surface area (Å²) in [4.78, 5) is 41.4. The molecule has 3 aromatic carbocycles. The number of carboxylic acid groups (broad SMARTS) is 1. The lowest BCUT2D eigenvalue weighted by atomic mass is 9.47. The molecule has 3 aliphatic carbocycles. The van der Waals surface area contributed by atoms with Gasteiger partial charge in [0.05, 0.1) is 17.5 Å². The third kappa shape index (κ3) is 1.97. The van der Waals surface area contributed by atoms with Crippen molar-refractivity contribution in [2.75, 3.05) is 4.90 Å². The molecule has 2 atom stereocenters. The molecule has 0 aromatic heterocycles. The van der Waals surface area contributed by atoms with Crippen molar-refractivity contribution in [3.05, 3.63) is 101 Å². The second-order valence-electron chi connectivity index (χ2n) is 8.26. The molecule has 1 fully saturated rings. The number of nitrogens with zero attached hydrogens (tertiary/aromatic N) is 1. The highest BCUT2D eigenvalue weighted by atomic mass is 19.1. The predicted molar refractivity (Wildman–Crippen MR) is 109 cm³/mol. The van der Waals surface area contributed by atoms with Crippen LogP contribution in [0.15, 0.2) is 72.8 Å². The van der Waals surface area contributed by atoms with Crippen molar-refractivity contribution in [3.63, 3.8) is 0 Å². The molecule has 0 saturated carbocycles. The van der Waals surface area contributed by atoms with Gasteiger partial charge in [-0.25, -0.2) is 9.29 Å². The minimum absolute atomic E-state index is 0.249. The van der Waals surface area contributed by atoms with Gasteiger partial charge in [-0.1, -0.05) is 48.5 Å². The lowest BCUT2D eigenvalue weighted by molar-refractivity contribution is -0.149. The number of carbonyl (C=O) groups is 3.